The van der Waals surface area contributed by atoms with E-state index >= 15 is 0 Å². The second-order valence-electron chi connectivity index (χ2n) is 8.73. The number of rotatable bonds is 8. The first-order valence-electron chi connectivity index (χ1n) is 10.6. The Hall–Kier alpha value is -1.18. The molecule has 0 amide bonds. The number of guanidine groups is 1. The number of aromatic nitrogens is 1. The Labute approximate surface area is 175 Å². The summed E-state index contributed by atoms with van der Waals surface area (Å²) in [6, 6.07) is 0.452. The van der Waals surface area contributed by atoms with Gasteiger partial charge in [-0.05, 0) is 12.8 Å². The van der Waals surface area contributed by atoms with E-state index in [1.54, 1.807) is 11.3 Å². The Balaban J connectivity index is 1.89. The van der Waals surface area contributed by atoms with Crippen molar-refractivity contribution in [1.29, 1.82) is 0 Å². The van der Waals surface area contributed by atoms with Gasteiger partial charge in [0.2, 0.25) is 0 Å². The minimum Gasteiger partial charge on any atom is -0.379 e. The lowest BCUT2D eigenvalue weighted by atomic mass is 9.93. The summed E-state index contributed by atoms with van der Waals surface area (Å²) in [5.41, 5.74) is 1.29. The number of nitrogens with zero attached hydrogens (tertiary/aromatic N) is 3. The summed E-state index contributed by atoms with van der Waals surface area (Å²) in [5, 5.41) is 10.2. The Bertz CT molecular complexity index is 602. The Morgan fingerprint density at radius 3 is 2.57 bits per heavy atom. The second kappa shape index (κ2) is 11.1. The monoisotopic (exact) mass is 409 g/mol. The van der Waals surface area contributed by atoms with Crippen LogP contribution in [0.25, 0.3) is 0 Å². The lowest BCUT2D eigenvalue weighted by Gasteiger charge is -2.36. The predicted molar refractivity (Wildman–Crippen MR) is 120 cm³/mol. The maximum absolute atomic E-state index is 5.50. The van der Waals surface area contributed by atoms with E-state index in [0.717, 1.165) is 58.3 Å². The van der Waals surface area contributed by atoms with Gasteiger partial charge in [-0.15, -0.1) is 11.3 Å². The quantitative estimate of drug-likeness (QED) is 0.511. The SMILES string of the molecule is CCNC(=NCC(C(C)C)N1CCOCC1)NCCc1nc(C(C)(C)C)cs1. The van der Waals surface area contributed by atoms with Crippen LogP contribution in [0.2, 0.25) is 0 Å². The summed E-state index contributed by atoms with van der Waals surface area (Å²) in [6.45, 7) is 19.5. The number of aliphatic imine (C=N–C) groups is 1. The molecule has 0 aliphatic carbocycles. The fraction of sp³-hybridized carbons (Fsp3) is 0.810. The zero-order valence-electron chi connectivity index (χ0n) is 18.5. The molecule has 1 aliphatic heterocycles. The van der Waals surface area contributed by atoms with E-state index in [2.05, 4.69) is 62.5 Å². The predicted octanol–water partition coefficient (Wildman–Crippen LogP) is 2.90. The molecule has 28 heavy (non-hydrogen) atoms. The summed E-state index contributed by atoms with van der Waals surface area (Å²) < 4.78 is 5.50. The molecule has 1 saturated heterocycles. The third kappa shape index (κ3) is 7.33. The highest BCUT2D eigenvalue weighted by Crippen LogP contribution is 2.23. The Kier molecular flexibility index (Phi) is 9.18. The molecule has 2 rings (SSSR count). The molecule has 1 fully saturated rings. The fourth-order valence-corrected chi connectivity index (χ4v) is 4.27. The number of nitrogens with one attached hydrogen (secondary N) is 2. The molecule has 2 heterocycles. The van der Waals surface area contributed by atoms with Crippen molar-refractivity contribution in [3.05, 3.63) is 16.1 Å². The van der Waals surface area contributed by atoms with Crippen LogP contribution in [-0.4, -0.2) is 67.8 Å². The summed E-state index contributed by atoms with van der Waals surface area (Å²) >= 11 is 1.75. The zero-order chi connectivity index (χ0) is 20.6. The number of ether oxygens (including phenoxy) is 1. The van der Waals surface area contributed by atoms with Gasteiger partial charge in [0.1, 0.15) is 0 Å². The first-order chi connectivity index (χ1) is 13.3. The lowest BCUT2D eigenvalue weighted by Crippen LogP contribution is -2.48. The van der Waals surface area contributed by atoms with Crippen molar-refractivity contribution < 1.29 is 4.74 Å². The number of hydrogen-bond donors (Lipinski definition) is 2. The first kappa shape index (κ1) is 23.1. The van der Waals surface area contributed by atoms with Crippen LogP contribution in [0.5, 0.6) is 0 Å². The standard InChI is InChI=1S/C21H39N5OS/c1-7-22-20(23-9-8-19-25-18(15-28-19)21(4,5)6)24-14-17(16(2)3)26-10-12-27-13-11-26/h15-17H,7-14H2,1-6H3,(H2,22,23,24). The van der Waals surface area contributed by atoms with Crippen molar-refractivity contribution >= 4 is 17.3 Å². The number of morpholine rings is 1. The van der Waals surface area contributed by atoms with Gasteiger partial charge in [-0.1, -0.05) is 34.6 Å². The van der Waals surface area contributed by atoms with E-state index in [9.17, 15) is 0 Å². The number of thiazole rings is 1. The van der Waals surface area contributed by atoms with Gasteiger partial charge in [0, 0.05) is 49.4 Å². The molecule has 160 valence electrons. The number of hydrogen-bond acceptors (Lipinski definition) is 5. The molecular weight excluding hydrogens is 370 g/mol. The molecular formula is C21H39N5OS. The van der Waals surface area contributed by atoms with Gasteiger partial charge in [-0.2, -0.15) is 0 Å². The van der Waals surface area contributed by atoms with Crippen LogP contribution in [0.1, 0.15) is 52.2 Å². The normalized spacial score (nSPS) is 17.8. The van der Waals surface area contributed by atoms with Gasteiger partial charge in [-0.3, -0.25) is 9.89 Å². The van der Waals surface area contributed by atoms with Crippen molar-refractivity contribution in [2.45, 2.75) is 59.4 Å². The van der Waals surface area contributed by atoms with E-state index in [1.807, 2.05) is 0 Å². The van der Waals surface area contributed by atoms with E-state index in [1.165, 1.54) is 10.7 Å². The highest BCUT2D eigenvalue weighted by Gasteiger charge is 2.23. The molecule has 1 atom stereocenters. The molecule has 1 aromatic rings. The minimum atomic E-state index is 0.115. The second-order valence-corrected chi connectivity index (χ2v) is 9.68. The van der Waals surface area contributed by atoms with Crippen molar-refractivity contribution in [3.63, 3.8) is 0 Å². The topological polar surface area (TPSA) is 61.8 Å². The van der Waals surface area contributed by atoms with Crippen molar-refractivity contribution in [1.82, 2.24) is 20.5 Å². The van der Waals surface area contributed by atoms with Crippen LogP contribution in [0.15, 0.2) is 10.4 Å². The average molecular weight is 410 g/mol. The minimum absolute atomic E-state index is 0.115. The van der Waals surface area contributed by atoms with E-state index in [4.69, 9.17) is 14.7 Å². The largest absolute Gasteiger partial charge is 0.379 e. The molecule has 7 heteroatoms. The lowest BCUT2D eigenvalue weighted by molar-refractivity contribution is 0.00867. The van der Waals surface area contributed by atoms with E-state index in [0.29, 0.717) is 12.0 Å². The van der Waals surface area contributed by atoms with Gasteiger partial charge in [0.15, 0.2) is 5.96 Å². The average Bonchev–Trinajstić information content (AvgIpc) is 3.12. The van der Waals surface area contributed by atoms with Crippen LogP contribution >= 0.6 is 11.3 Å². The van der Waals surface area contributed by atoms with Gasteiger partial charge in [0.25, 0.3) is 0 Å². The molecule has 2 N–H and O–H groups in total. The first-order valence-corrected chi connectivity index (χ1v) is 11.5. The smallest absolute Gasteiger partial charge is 0.191 e. The highest BCUT2D eigenvalue weighted by molar-refractivity contribution is 7.09. The summed E-state index contributed by atoms with van der Waals surface area (Å²) in [5.74, 6) is 1.46. The molecule has 0 aromatic carbocycles. The Morgan fingerprint density at radius 1 is 1.29 bits per heavy atom. The van der Waals surface area contributed by atoms with Gasteiger partial charge in [-0.25, -0.2) is 4.98 Å². The van der Waals surface area contributed by atoms with Crippen LogP contribution in [0.3, 0.4) is 0 Å². The Morgan fingerprint density at radius 2 is 2.00 bits per heavy atom. The van der Waals surface area contributed by atoms with Crippen LogP contribution in [0, 0.1) is 5.92 Å². The molecule has 0 bridgehead atoms. The molecule has 0 spiro atoms. The van der Waals surface area contributed by atoms with Gasteiger partial charge in [0.05, 0.1) is 30.5 Å². The van der Waals surface area contributed by atoms with Gasteiger partial charge < -0.3 is 15.4 Å². The maximum Gasteiger partial charge on any atom is 0.191 e. The van der Waals surface area contributed by atoms with Crippen molar-refractivity contribution in [3.8, 4) is 0 Å². The highest BCUT2D eigenvalue weighted by atomic mass is 32.1. The summed E-state index contributed by atoms with van der Waals surface area (Å²) in [4.78, 5) is 12.2. The van der Waals surface area contributed by atoms with Gasteiger partial charge >= 0.3 is 0 Å². The van der Waals surface area contributed by atoms with E-state index < -0.39 is 0 Å². The van der Waals surface area contributed by atoms with Crippen molar-refractivity contribution in [2.24, 2.45) is 10.9 Å². The molecule has 1 aliphatic rings. The van der Waals surface area contributed by atoms with Crippen LogP contribution in [-0.2, 0) is 16.6 Å². The third-order valence-electron chi connectivity index (χ3n) is 5.02. The molecule has 6 nitrogen and oxygen atoms in total. The molecule has 0 saturated carbocycles. The third-order valence-corrected chi connectivity index (χ3v) is 5.93. The zero-order valence-corrected chi connectivity index (χ0v) is 19.4. The fourth-order valence-electron chi connectivity index (χ4n) is 3.24. The van der Waals surface area contributed by atoms with Crippen molar-refractivity contribution in [2.75, 3.05) is 45.9 Å². The van der Waals surface area contributed by atoms with Crippen LogP contribution < -0.4 is 10.6 Å². The molecule has 1 unspecified atom stereocenters. The summed E-state index contributed by atoms with van der Waals surface area (Å²) in [7, 11) is 0. The molecule has 0 radical (unpaired) electrons. The van der Waals surface area contributed by atoms with Crippen LogP contribution in [0.4, 0.5) is 0 Å². The summed E-state index contributed by atoms with van der Waals surface area (Å²) in [6.07, 6.45) is 0.919. The maximum atomic E-state index is 5.50. The molecule has 1 aromatic heterocycles. The van der Waals surface area contributed by atoms with E-state index in [-0.39, 0.29) is 5.41 Å².